The first-order valence-electron chi connectivity index (χ1n) is 18.9. The van der Waals surface area contributed by atoms with Crippen molar-refractivity contribution in [2.45, 2.75) is 0 Å². The molecule has 0 amide bonds. The number of fused-ring (bicyclic) bond motifs is 5. The summed E-state index contributed by atoms with van der Waals surface area (Å²) in [6.45, 7) is 0. The zero-order valence-electron chi connectivity index (χ0n) is 31.7. The first-order chi connectivity index (χ1) is 29.4. The Morgan fingerprint density at radius 3 is 1.57 bits per heavy atom. The molecular formula is C50H32N6O4. The number of rotatable bonds is 6. The van der Waals surface area contributed by atoms with Crippen molar-refractivity contribution < 1.29 is 8.83 Å². The zero-order valence-corrected chi connectivity index (χ0v) is 31.7. The van der Waals surface area contributed by atoms with Crippen LogP contribution in [0.15, 0.2) is 208 Å². The fourth-order valence-electron chi connectivity index (χ4n) is 6.75. The van der Waals surface area contributed by atoms with E-state index in [1.165, 1.54) is 0 Å². The monoisotopic (exact) mass is 780 g/mol. The number of hydrogen-bond acceptors (Lipinski definition) is 6. The molecule has 0 aliphatic heterocycles. The first kappa shape index (κ1) is 37.1. The van der Waals surface area contributed by atoms with Crippen LogP contribution in [0.1, 0.15) is 33.4 Å². The van der Waals surface area contributed by atoms with Crippen LogP contribution in [0.2, 0.25) is 0 Å². The molecule has 2 N–H and O–H groups in total. The third-order valence-corrected chi connectivity index (χ3v) is 9.79. The second-order valence-corrected chi connectivity index (χ2v) is 13.7. The van der Waals surface area contributed by atoms with E-state index in [0.29, 0.717) is 39.1 Å². The molecule has 286 valence electrons. The van der Waals surface area contributed by atoms with Gasteiger partial charge in [0, 0.05) is 34.7 Å². The fraction of sp³-hybridized carbons (Fsp3) is 0. The second-order valence-electron chi connectivity index (χ2n) is 13.7. The van der Waals surface area contributed by atoms with Crippen molar-refractivity contribution in [2.75, 3.05) is 0 Å². The minimum atomic E-state index is -0.368. The van der Waals surface area contributed by atoms with Crippen LogP contribution in [0.5, 0.6) is 0 Å². The molecule has 9 aromatic rings. The van der Waals surface area contributed by atoms with Gasteiger partial charge in [-0.1, -0.05) is 133 Å². The van der Waals surface area contributed by atoms with Gasteiger partial charge in [0.15, 0.2) is 28.9 Å². The van der Waals surface area contributed by atoms with Gasteiger partial charge in [-0.15, -0.1) is 0 Å². The highest BCUT2D eigenvalue weighted by molar-refractivity contribution is 6.15. The highest BCUT2D eigenvalue weighted by Crippen LogP contribution is 2.28. The van der Waals surface area contributed by atoms with Crippen LogP contribution in [0.3, 0.4) is 0 Å². The summed E-state index contributed by atoms with van der Waals surface area (Å²) in [5.74, 6) is 0.655. The third kappa shape index (κ3) is 7.51. The molecule has 0 atom stereocenters. The Hall–Kier alpha value is -8.50. The summed E-state index contributed by atoms with van der Waals surface area (Å²) in [4.78, 5) is 46.7. The van der Waals surface area contributed by atoms with Gasteiger partial charge < -0.3 is 8.83 Å². The van der Waals surface area contributed by atoms with Gasteiger partial charge in [-0.25, -0.2) is 20.0 Å². The average molecular weight is 781 g/mol. The molecule has 0 bridgehead atoms. The van der Waals surface area contributed by atoms with E-state index >= 15 is 0 Å². The smallest absolute Gasteiger partial charge is 0.204 e. The van der Waals surface area contributed by atoms with E-state index in [-0.39, 0.29) is 61.3 Å². The summed E-state index contributed by atoms with van der Waals surface area (Å²) < 4.78 is 12.7. The van der Waals surface area contributed by atoms with E-state index in [1.54, 1.807) is 73.1 Å². The lowest BCUT2D eigenvalue weighted by atomic mass is 10.0. The number of aliphatic imine (C=N–C) groups is 4. The molecule has 0 saturated carbocycles. The number of benzene rings is 7. The Morgan fingerprint density at radius 1 is 0.433 bits per heavy atom. The summed E-state index contributed by atoms with van der Waals surface area (Å²) in [6, 6.07) is 50.6. The summed E-state index contributed by atoms with van der Waals surface area (Å²) >= 11 is 0. The first-order valence-corrected chi connectivity index (χ1v) is 18.9. The fourth-order valence-corrected chi connectivity index (χ4v) is 6.75. The molecule has 10 heteroatoms. The number of amidine groups is 4. The van der Waals surface area contributed by atoms with Gasteiger partial charge in [0.25, 0.3) is 0 Å². The second kappa shape index (κ2) is 16.2. The van der Waals surface area contributed by atoms with Crippen molar-refractivity contribution in [3.8, 4) is 0 Å². The summed E-state index contributed by atoms with van der Waals surface area (Å²) in [5, 5.41) is 18.3. The average Bonchev–Trinajstić information content (AvgIpc) is 3.30. The molecule has 2 heterocycles. The van der Waals surface area contributed by atoms with Crippen LogP contribution in [-0.4, -0.2) is 35.8 Å². The van der Waals surface area contributed by atoms with E-state index in [1.807, 2.05) is 109 Å². The minimum absolute atomic E-state index is 0.00843. The maximum absolute atomic E-state index is 14.3. The van der Waals surface area contributed by atoms with Crippen LogP contribution < -0.4 is 10.9 Å². The Morgan fingerprint density at radius 2 is 0.933 bits per heavy atom. The number of hydrogen-bond donors (Lipinski definition) is 2. The summed E-state index contributed by atoms with van der Waals surface area (Å²) in [5.41, 5.74) is 4.16. The standard InChI is InChI=1S/C50H32N6O4/c51-47(33-15-7-2-8-16-33)55-49(35-19-11-4-12-20-35)54-30-32-21-23-38-41(27-32)59-40-26-25-39-44(57)37-24-22-36(28-42(37)60-46(39)43(40)45(38)58)50(53-29-31-13-5-1-6-14-31)56-48(52)34-17-9-3-10-18-34/h1-30,51-52H/b51-47?,52-48?,53-29+,54-30+,55-49-,56-50-. The molecule has 0 radical (unpaired) electrons. The molecule has 9 rings (SSSR count). The zero-order chi connectivity index (χ0) is 41.0. The Bertz CT molecular complexity index is 3370. The predicted molar refractivity (Wildman–Crippen MR) is 241 cm³/mol. The molecule has 10 nitrogen and oxygen atoms in total. The Labute approximate surface area is 341 Å². The normalized spacial score (nSPS) is 12.3. The Kier molecular flexibility index (Phi) is 9.99. The SMILES string of the molecule is N=C(/N=C(\N=C\c1ccc2c(=O)c3c(ccc4c(=O)c5ccc(C(=N/C(=N)c6ccccc6)/N=C/c6ccccc6)cc5oc43)oc2c1)c1ccccc1)c1ccccc1. The van der Waals surface area contributed by atoms with Gasteiger partial charge in [0.05, 0.1) is 16.2 Å². The van der Waals surface area contributed by atoms with E-state index in [2.05, 4.69) is 20.0 Å². The predicted octanol–water partition coefficient (Wildman–Crippen LogP) is 9.99. The van der Waals surface area contributed by atoms with Gasteiger partial charge >= 0.3 is 0 Å². The molecular weight excluding hydrogens is 749 g/mol. The highest BCUT2D eigenvalue weighted by Gasteiger charge is 2.18. The lowest BCUT2D eigenvalue weighted by Crippen LogP contribution is -2.08. The van der Waals surface area contributed by atoms with E-state index in [4.69, 9.17) is 19.7 Å². The maximum atomic E-state index is 14.3. The summed E-state index contributed by atoms with van der Waals surface area (Å²) in [7, 11) is 0. The van der Waals surface area contributed by atoms with E-state index in [9.17, 15) is 9.59 Å². The molecule has 0 fully saturated rings. The quantitative estimate of drug-likeness (QED) is 0.0745. The van der Waals surface area contributed by atoms with Gasteiger partial charge in [0.1, 0.15) is 22.1 Å². The topological polar surface area (TPSA) is 158 Å². The van der Waals surface area contributed by atoms with E-state index < -0.39 is 0 Å². The largest absolute Gasteiger partial charge is 0.456 e. The van der Waals surface area contributed by atoms with Gasteiger partial charge in [0.2, 0.25) is 10.9 Å². The number of nitrogens with zero attached hydrogens (tertiary/aromatic N) is 4. The summed E-state index contributed by atoms with van der Waals surface area (Å²) in [6.07, 6.45) is 3.27. The molecule has 0 aliphatic rings. The maximum Gasteiger partial charge on any atom is 0.204 e. The minimum Gasteiger partial charge on any atom is -0.456 e. The van der Waals surface area contributed by atoms with Crippen molar-refractivity contribution in [3.63, 3.8) is 0 Å². The van der Waals surface area contributed by atoms with Gasteiger partial charge in [-0.05, 0) is 47.5 Å². The molecule has 7 aromatic carbocycles. The molecule has 0 aliphatic carbocycles. The van der Waals surface area contributed by atoms with Crippen LogP contribution in [0, 0.1) is 10.8 Å². The highest BCUT2D eigenvalue weighted by atomic mass is 16.3. The van der Waals surface area contributed by atoms with Crippen molar-refractivity contribution in [3.05, 3.63) is 224 Å². The lowest BCUT2D eigenvalue weighted by Gasteiger charge is -2.08. The van der Waals surface area contributed by atoms with Gasteiger partial charge in [-0.3, -0.25) is 20.4 Å². The molecule has 0 spiro atoms. The van der Waals surface area contributed by atoms with Crippen molar-refractivity contribution >= 4 is 79.6 Å². The van der Waals surface area contributed by atoms with Gasteiger partial charge in [-0.2, -0.15) is 0 Å². The van der Waals surface area contributed by atoms with Crippen LogP contribution in [0.25, 0.3) is 43.9 Å². The van der Waals surface area contributed by atoms with Crippen LogP contribution in [-0.2, 0) is 0 Å². The lowest BCUT2D eigenvalue weighted by molar-refractivity contribution is 0.649. The van der Waals surface area contributed by atoms with Crippen molar-refractivity contribution in [1.29, 1.82) is 10.8 Å². The molecule has 0 unspecified atom stereocenters. The van der Waals surface area contributed by atoms with E-state index in [0.717, 1.165) is 11.1 Å². The number of nitrogens with one attached hydrogen (secondary N) is 2. The molecule has 2 aromatic heterocycles. The Balaban J connectivity index is 1.12. The van der Waals surface area contributed by atoms with Crippen LogP contribution >= 0.6 is 0 Å². The van der Waals surface area contributed by atoms with Crippen LogP contribution in [0.4, 0.5) is 0 Å². The van der Waals surface area contributed by atoms with Crippen molar-refractivity contribution in [2.24, 2.45) is 20.0 Å². The third-order valence-electron chi connectivity index (χ3n) is 9.79. The van der Waals surface area contributed by atoms with Crippen molar-refractivity contribution in [1.82, 2.24) is 0 Å². The molecule has 0 saturated heterocycles. The molecule has 60 heavy (non-hydrogen) atoms.